The molecular weight excluding hydrogens is 258 g/mol. The molecule has 0 saturated carbocycles. The van der Waals surface area contributed by atoms with Crippen molar-refractivity contribution in [2.75, 3.05) is 13.1 Å². The van der Waals surface area contributed by atoms with Gasteiger partial charge in [-0.05, 0) is 31.5 Å². The lowest BCUT2D eigenvalue weighted by Crippen LogP contribution is -2.49. The van der Waals surface area contributed by atoms with Gasteiger partial charge in [-0.25, -0.2) is 0 Å². The van der Waals surface area contributed by atoms with Crippen molar-refractivity contribution in [1.82, 2.24) is 10.6 Å². The summed E-state index contributed by atoms with van der Waals surface area (Å²) in [5, 5.41) is 16.8. The van der Waals surface area contributed by atoms with Crippen LogP contribution < -0.4 is 10.6 Å². The van der Waals surface area contributed by atoms with Gasteiger partial charge >= 0.3 is 0 Å². The molecule has 2 unspecified atom stereocenters. The van der Waals surface area contributed by atoms with Crippen LogP contribution in [-0.2, 0) is 4.79 Å². The fourth-order valence-electron chi connectivity index (χ4n) is 2.21. The smallest absolute Gasteiger partial charge is 0.269 e. The molecule has 1 aromatic carbocycles. The minimum atomic E-state index is -0.430. The van der Waals surface area contributed by atoms with Crippen molar-refractivity contribution in [3.8, 4) is 0 Å². The van der Waals surface area contributed by atoms with E-state index >= 15 is 0 Å². The first-order valence-corrected chi connectivity index (χ1v) is 6.74. The maximum absolute atomic E-state index is 12.1. The maximum atomic E-state index is 12.1. The first-order valence-electron chi connectivity index (χ1n) is 6.74. The minimum Gasteiger partial charge on any atom is -0.349 e. The number of amides is 1. The van der Waals surface area contributed by atoms with Crippen molar-refractivity contribution < 1.29 is 9.72 Å². The zero-order chi connectivity index (χ0) is 14.7. The number of nitrogens with one attached hydrogen (secondary N) is 2. The molecule has 2 atom stereocenters. The summed E-state index contributed by atoms with van der Waals surface area (Å²) < 4.78 is 0. The van der Waals surface area contributed by atoms with Gasteiger partial charge in [-0.2, -0.15) is 0 Å². The maximum Gasteiger partial charge on any atom is 0.269 e. The summed E-state index contributed by atoms with van der Waals surface area (Å²) in [7, 11) is 0. The summed E-state index contributed by atoms with van der Waals surface area (Å²) in [6.45, 7) is 5.50. The minimum absolute atomic E-state index is 0.00416. The molecule has 1 aliphatic rings. The summed E-state index contributed by atoms with van der Waals surface area (Å²) in [5.74, 6) is 0.334. The van der Waals surface area contributed by atoms with E-state index in [2.05, 4.69) is 10.6 Å². The molecule has 0 aliphatic carbocycles. The Labute approximate surface area is 117 Å². The predicted molar refractivity (Wildman–Crippen MR) is 75.2 cm³/mol. The molecule has 2 rings (SSSR count). The third-order valence-electron chi connectivity index (χ3n) is 3.87. The highest BCUT2D eigenvalue weighted by molar-refractivity contribution is 5.79. The van der Waals surface area contributed by atoms with Crippen LogP contribution in [-0.4, -0.2) is 23.9 Å². The largest absolute Gasteiger partial charge is 0.349 e. The van der Waals surface area contributed by atoms with Gasteiger partial charge in [0, 0.05) is 18.1 Å². The molecule has 0 bridgehead atoms. The first kappa shape index (κ1) is 14.5. The fourth-order valence-corrected chi connectivity index (χ4v) is 2.21. The number of rotatable bonds is 5. The van der Waals surface area contributed by atoms with Crippen LogP contribution in [0.1, 0.15) is 25.5 Å². The Morgan fingerprint density at radius 3 is 2.70 bits per heavy atom. The van der Waals surface area contributed by atoms with Gasteiger partial charge in [0.15, 0.2) is 0 Å². The van der Waals surface area contributed by atoms with Crippen LogP contribution in [0.4, 0.5) is 5.69 Å². The number of carbonyl (C=O) groups is 1. The SMILES string of the molecule is CC(NC(=O)C(C)C1CNC1)c1cccc([N+](=O)[O-])c1. The molecule has 0 aromatic heterocycles. The zero-order valence-electron chi connectivity index (χ0n) is 11.6. The first-order chi connectivity index (χ1) is 9.49. The van der Waals surface area contributed by atoms with E-state index in [1.54, 1.807) is 12.1 Å². The van der Waals surface area contributed by atoms with Crippen molar-refractivity contribution in [3.05, 3.63) is 39.9 Å². The summed E-state index contributed by atoms with van der Waals surface area (Å²) in [4.78, 5) is 22.4. The lowest BCUT2D eigenvalue weighted by atomic mass is 9.88. The molecule has 1 fully saturated rings. The standard InChI is InChI=1S/C14H19N3O3/c1-9(12-7-15-8-12)14(18)16-10(2)11-4-3-5-13(6-11)17(19)20/h3-6,9-10,12,15H,7-8H2,1-2H3,(H,16,18). The van der Waals surface area contributed by atoms with E-state index in [1.165, 1.54) is 12.1 Å². The second kappa shape index (κ2) is 6.00. The molecule has 1 aliphatic heterocycles. The van der Waals surface area contributed by atoms with Gasteiger partial charge in [0.1, 0.15) is 0 Å². The number of benzene rings is 1. The quantitative estimate of drug-likeness (QED) is 0.633. The van der Waals surface area contributed by atoms with Crippen molar-refractivity contribution in [2.24, 2.45) is 11.8 Å². The number of carbonyl (C=O) groups excluding carboxylic acids is 1. The number of hydrogen-bond donors (Lipinski definition) is 2. The van der Waals surface area contributed by atoms with Crippen LogP contribution in [0.5, 0.6) is 0 Å². The van der Waals surface area contributed by atoms with Gasteiger partial charge in [0.2, 0.25) is 5.91 Å². The van der Waals surface area contributed by atoms with Crippen LogP contribution in [0.3, 0.4) is 0 Å². The number of non-ortho nitro benzene ring substituents is 1. The average molecular weight is 277 g/mol. The van der Waals surface area contributed by atoms with Crippen molar-refractivity contribution in [1.29, 1.82) is 0 Å². The number of nitro benzene ring substituents is 1. The Kier molecular flexibility index (Phi) is 4.34. The van der Waals surface area contributed by atoms with E-state index in [4.69, 9.17) is 0 Å². The molecule has 1 aromatic rings. The monoisotopic (exact) mass is 277 g/mol. The van der Waals surface area contributed by atoms with E-state index in [0.29, 0.717) is 5.92 Å². The highest BCUT2D eigenvalue weighted by Crippen LogP contribution is 2.21. The molecule has 1 saturated heterocycles. The van der Waals surface area contributed by atoms with Crippen LogP contribution in [0.15, 0.2) is 24.3 Å². The Morgan fingerprint density at radius 2 is 2.15 bits per heavy atom. The van der Waals surface area contributed by atoms with E-state index in [9.17, 15) is 14.9 Å². The molecule has 1 amide bonds. The Balaban J connectivity index is 2.00. The van der Waals surface area contributed by atoms with E-state index in [-0.39, 0.29) is 23.6 Å². The predicted octanol–water partition coefficient (Wildman–Crippen LogP) is 1.63. The van der Waals surface area contributed by atoms with Crippen LogP contribution in [0.25, 0.3) is 0 Å². The highest BCUT2D eigenvalue weighted by atomic mass is 16.6. The van der Waals surface area contributed by atoms with E-state index in [1.807, 2.05) is 13.8 Å². The van der Waals surface area contributed by atoms with Crippen LogP contribution in [0.2, 0.25) is 0 Å². The van der Waals surface area contributed by atoms with Gasteiger partial charge in [-0.15, -0.1) is 0 Å². The number of nitro groups is 1. The second-order valence-electron chi connectivity index (χ2n) is 5.29. The van der Waals surface area contributed by atoms with Crippen molar-refractivity contribution in [3.63, 3.8) is 0 Å². The molecule has 6 heteroatoms. The topological polar surface area (TPSA) is 84.3 Å². The lowest BCUT2D eigenvalue weighted by molar-refractivity contribution is -0.384. The Morgan fingerprint density at radius 1 is 1.45 bits per heavy atom. The van der Waals surface area contributed by atoms with Gasteiger partial charge in [-0.1, -0.05) is 19.1 Å². The fraction of sp³-hybridized carbons (Fsp3) is 0.500. The number of hydrogen-bond acceptors (Lipinski definition) is 4. The molecule has 1 heterocycles. The summed E-state index contributed by atoms with van der Waals surface area (Å²) in [5.41, 5.74) is 0.784. The average Bonchev–Trinajstić information content (AvgIpc) is 2.36. The number of nitrogens with zero attached hydrogens (tertiary/aromatic N) is 1. The third kappa shape index (κ3) is 3.14. The Hall–Kier alpha value is -1.95. The highest BCUT2D eigenvalue weighted by Gasteiger charge is 2.29. The van der Waals surface area contributed by atoms with Crippen molar-refractivity contribution >= 4 is 11.6 Å². The van der Waals surface area contributed by atoms with Gasteiger partial charge in [0.05, 0.1) is 11.0 Å². The molecule has 6 nitrogen and oxygen atoms in total. The molecule has 108 valence electrons. The molecule has 2 N–H and O–H groups in total. The summed E-state index contributed by atoms with van der Waals surface area (Å²) in [6, 6.07) is 6.13. The van der Waals surface area contributed by atoms with Crippen LogP contribution >= 0.6 is 0 Å². The van der Waals surface area contributed by atoms with E-state index < -0.39 is 4.92 Å². The van der Waals surface area contributed by atoms with Gasteiger partial charge in [0.25, 0.3) is 5.69 Å². The van der Waals surface area contributed by atoms with Gasteiger partial charge < -0.3 is 10.6 Å². The Bertz CT molecular complexity index is 514. The second-order valence-corrected chi connectivity index (χ2v) is 5.29. The normalized spacial score (nSPS) is 17.9. The third-order valence-corrected chi connectivity index (χ3v) is 3.87. The van der Waals surface area contributed by atoms with Crippen molar-refractivity contribution in [2.45, 2.75) is 19.9 Å². The van der Waals surface area contributed by atoms with E-state index in [0.717, 1.165) is 18.7 Å². The lowest BCUT2D eigenvalue weighted by Gasteiger charge is -2.32. The van der Waals surface area contributed by atoms with Gasteiger partial charge in [-0.3, -0.25) is 14.9 Å². The summed E-state index contributed by atoms with van der Waals surface area (Å²) in [6.07, 6.45) is 0. The molecule has 0 radical (unpaired) electrons. The van der Waals surface area contributed by atoms with Crippen LogP contribution in [0, 0.1) is 22.0 Å². The molecule has 0 spiro atoms. The molecular formula is C14H19N3O3. The summed E-state index contributed by atoms with van der Waals surface area (Å²) >= 11 is 0. The zero-order valence-corrected chi connectivity index (χ0v) is 11.6. The molecule has 20 heavy (non-hydrogen) atoms.